The van der Waals surface area contributed by atoms with Gasteiger partial charge in [-0.1, -0.05) is 11.6 Å². The molecule has 0 N–H and O–H groups in total. The van der Waals surface area contributed by atoms with E-state index in [-0.39, 0.29) is 16.0 Å². The standard InChI is InChI=1S/C14H7BrCl2F2N2/c15-8-4-11-13(5-10(8)19)21(14(6-16)20-11)12-3-7(17)1-2-9(12)18/h1-5H,6H2. The Balaban J connectivity index is 2.40. The lowest BCUT2D eigenvalue weighted by Gasteiger charge is -2.09. The van der Waals surface area contributed by atoms with Crippen LogP contribution in [0.3, 0.4) is 0 Å². The summed E-state index contributed by atoms with van der Waals surface area (Å²) in [5, 5.41) is 0.367. The first-order valence-corrected chi connectivity index (χ1v) is 7.59. The minimum Gasteiger partial charge on any atom is -0.292 e. The molecule has 0 spiro atoms. The zero-order valence-corrected chi connectivity index (χ0v) is 13.5. The normalized spacial score (nSPS) is 11.3. The molecule has 0 bridgehead atoms. The Hall–Kier alpha value is -1.17. The number of aromatic nitrogens is 2. The predicted octanol–water partition coefficient (Wildman–Crippen LogP) is 5.46. The van der Waals surface area contributed by atoms with Crippen molar-refractivity contribution in [2.45, 2.75) is 5.88 Å². The lowest BCUT2D eigenvalue weighted by atomic mass is 10.2. The largest absolute Gasteiger partial charge is 0.292 e. The summed E-state index contributed by atoms with van der Waals surface area (Å²) in [6, 6.07) is 6.95. The van der Waals surface area contributed by atoms with Crippen LogP contribution >= 0.6 is 39.1 Å². The topological polar surface area (TPSA) is 17.8 Å². The van der Waals surface area contributed by atoms with E-state index in [1.165, 1.54) is 34.9 Å². The number of halogens is 5. The van der Waals surface area contributed by atoms with E-state index in [4.69, 9.17) is 23.2 Å². The Bertz CT molecular complexity index is 849. The van der Waals surface area contributed by atoms with Gasteiger partial charge in [0.1, 0.15) is 17.5 Å². The molecule has 0 aliphatic carbocycles. The summed E-state index contributed by atoms with van der Waals surface area (Å²) in [4.78, 5) is 4.30. The van der Waals surface area contributed by atoms with Crippen molar-refractivity contribution in [2.24, 2.45) is 0 Å². The zero-order valence-electron chi connectivity index (χ0n) is 10.4. The molecule has 0 saturated carbocycles. The van der Waals surface area contributed by atoms with Crippen molar-refractivity contribution in [1.29, 1.82) is 0 Å². The van der Waals surface area contributed by atoms with Crippen LogP contribution in [0.5, 0.6) is 0 Å². The molecular weight excluding hydrogens is 385 g/mol. The van der Waals surface area contributed by atoms with Gasteiger partial charge in [-0.05, 0) is 40.2 Å². The Morgan fingerprint density at radius 3 is 2.62 bits per heavy atom. The Kier molecular flexibility index (Phi) is 3.90. The van der Waals surface area contributed by atoms with Crippen LogP contribution in [0, 0.1) is 11.6 Å². The number of fused-ring (bicyclic) bond motifs is 1. The maximum absolute atomic E-state index is 14.1. The molecular formula is C14H7BrCl2F2N2. The first-order chi connectivity index (χ1) is 10.0. The maximum atomic E-state index is 14.1. The molecule has 0 amide bonds. The van der Waals surface area contributed by atoms with Gasteiger partial charge in [0, 0.05) is 11.1 Å². The van der Waals surface area contributed by atoms with Crippen LogP contribution in [0.4, 0.5) is 8.78 Å². The van der Waals surface area contributed by atoms with E-state index in [9.17, 15) is 8.78 Å². The third-order valence-electron chi connectivity index (χ3n) is 3.03. The molecule has 0 atom stereocenters. The Morgan fingerprint density at radius 1 is 1.14 bits per heavy atom. The lowest BCUT2D eigenvalue weighted by Crippen LogP contribution is -2.02. The quantitative estimate of drug-likeness (QED) is 0.530. The molecule has 2 nitrogen and oxygen atoms in total. The molecule has 21 heavy (non-hydrogen) atoms. The third kappa shape index (κ3) is 2.54. The summed E-state index contributed by atoms with van der Waals surface area (Å²) < 4.78 is 29.7. The van der Waals surface area contributed by atoms with Gasteiger partial charge in [0.15, 0.2) is 0 Å². The number of nitrogens with zero attached hydrogens (tertiary/aromatic N) is 2. The van der Waals surface area contributed by atoms with Gasteiger partial charge in [-0.15, -0.1) is 11.6 Å². The van der Waals surface area contributed by atoms with Crippen molar-refractivity contribution in [3.63, 3.8) is 0 Å². The highest BCUT2D eigenvalue weighted by Crippen LogP contribution is 2.29. The van der Waals surface area contributed by atoms with Crippen LogP contribution in [0.15, 0.2) is 34.8 Å². The molecule has 0 aliphatic rings. The molecule has 0 unspecified atom stereocenters. The Labute approximate surface area is 137 Å². The van der Waals surface area contributed by atoms with Gasteiger partial charge in [0.2, 0.25) is 0 Å². The van der Waals surface area contributed by atoms with Crippen LogP contribution in [0.2, 0.25) is 5.02 Å². The molecule has 0 radical (unpaired) electrons. The number of benzene rings is 2. The molecule has 108 valence electrons. The van der Waals surface area contributed by atoms with Crippen molar-refractivity contribution >= 4 is 50.2 Å². The lowest BCUT2D eigenvalue weighted by molar-refractivity contribution is 0.615. The van der Waals surface area contributed by atoms with Crippen molar-refractivity contribution < 1.29 is 8.78 Å². The van der Waals surface area contributed by atoms with E-state index >= 15 is 0 Å². The van der Waals surface area contributed by atoms with Crippen molar-refractivity contribution in [1.82, 2.24) is 9.55 Å². The molecule has 7 heteroatoms. The highest BCUT2D eigenvalue weighted by Gasteiger charge is 2.17. The van der Waals surface area contributed by atoms with Crippen molar-refractivity contribution in [3.8, 4) is 5.69 Å². The molecule has 1 heterocycles. The summed E-state index contributed by atoms with van der Waals surface area (Å²) in [6.07, 6.45) is 0. The van der Waals surface area contributed by atoms with Gasteiger partial charge in [-0.2, -0.15) is 0 Å². The molecule has 2 aromatic carbocycles. The first kappa shape index (κ1) is 14.8. The molecule has 3 rings (SSSR count). The fourth-order valence-corrected chi connectivity index (χ4v) is 2.82. The van der Waals surface area contributed by atoms with Crippen LogP contribution in [-0.4, -0.2) is 9.55 Å². The predicted molar refractivity (Wildman–Crippen MR) is 83.3 cm³/mol. The highest BCUT2D eigenvalue weighted by molar-refractivity contribution is 9.10. The van der Waals surface area contributed by atoms with E-state index in [2.05, 4.69) is 20.9 Å². The van der Waals surface area contributed by atoms with Crippen molar-refractivity contribution in [2.75, 3.05) is 0 Å². The average Bonchev–Trinajstić information content (AvgIpc) is 2.79. The Morgan fingerprint density at radius 2 is 1.90 bits per heavy atom. The summed E-state index contributed by atoms with van der Waals surface area (Å²) in [5.74, 6) is -0.495. The van der Waals surface area contributed by atoms with E-state index in [0.717, 1.165) is 0 Å². The van der Waals surface area contributed by atoms with Crippen molar-refractivity contribution in [3.05, 3.63) is 57.3 Å². The van der Waals surface area contributed by atoms with Crippen LogP contribution in [-0.2, 0) is 5.88 Å². The molecule has 0 aliphatic heterocycles. The average molecular weight is 392 g/mol. The molecule has 1 aromatic heterocycles. The molecule has 0 fully saturated rings. The van der Waals surface area contributed by atoms with Crippen LogP contribution < -0.4 is 0 Å². The first-order valence-electron chi connectivity index (χ1n) is 5.89. The molecule has 3 aromatic rings. The monoisotopic (exact) mass is 390 g/mol. The SMILES string of the molecule is Fc1cc2c(cc1Br)nc(CCl)n2-c1cc(Cl)ccc1F. The van der Waals surface area contributed by atoms with Gasteiger partial charge in [0.05, 0.1) is 27.1 Å². The van der Waals surface area contributed by atoms with Crippen LogP contribution in [0.25, 0.3) is 16.7 Å². The highest BCUT2D eigenvalue weighted by atomic mass is 79.9. The van der Waals surface area contributed by atoms with E-state index < -0.39 is 11.6 Å². The summed E-state index contributed by atoms with van der Waals surface area (Å²) in [7, 11) is 0. The van der Waals surface area contributed by atoms with Gasteiger partial charge < -0.3 is 0 Å². The maximum Gasteiger partial charge on any atom is 0.147 e. The molecule has 0 saturated heterocycles. The van der Waals surface area contributed by atoms with Gasteiger partial charge in [-0.3, -0.25) is 4.57 Å². The van der Waals surface area contributed by atoms with E-state index in [1.807, 2.05) is 0 Å². The zero-order chi connectivity index (χ0) is 15.1. The van der Waals surface area contributed by atoms with Gasteiger partial charge >= 0.3 is 0 Å². The second-order valence-corrected chi connectivity index (χ2v) is 5.91. The third-order valence-corrected chi connectivity index (χ3v) is 4.12. The van der Waals surface area contributed by atoms with E-state index in [1.54, 1.807) is 0 Å². The number of rotatable bonds is 2. The fourth-order valence-electron chi connectivity index (χ4n) is 2.14. The summed E-state index contributed by atoms with van der Waals surface area (Å²) in [5.41, 5.74) is 1.12. The minimum absolute atomic E-state index is 0.0554. The fraction of sp³-hybridized carbons (Fsp3) is 0.0714. The number of imidazole rings is 1. The number of hydrogen-bond acceptors (Lipinski definition) is 1. The second-order valence-electron chi connectivity index (χ2n) is 4.35. The van der Waals surface area contributed by atoms with Gasteiger partial charge in [0.25, 0.3) is 0 Å². The summed E-state index contributed by atoms with van der Waals surface area (Å²) in [6.45, 7) is 0. The second kappa shape index (κ2) is 5.55. The smallest absolute Gasteiger partial charge is 0.147 e. The minimum atomic E-state index is -0.492. The number of alkyl halides is 1. The summed E-state index contributed by atoms with van der Waals surface area (Å²) >= 11 is 14.9. The number of hydrogen-bond donors (Lipinski definition) is 0. The van der Waals surface area contributed by atoms with E-state index in [0.29, 0.717) is 21.9 Å². The van der Waals surface area contributed by atoms with Crippen LogP contribution in [0.1, 0.15) is 5.82 Å². The van der Waals surface area contributed by atoms with Gasteiger partial charge in [-0.25, -0.2) is 13.8 Å².